The topological polar surface area (TPSA) is 52.6 Å². The number of rotatable bonds is 9. The lowest BCUT2D eigenvalue weighted by Gasteiger charge is -2.15. The lowest BCUT2D eigenvalue weighted by atomic mass is 9.98. The van der Waals surface area contributed by atoms with Crippen LogP contribution in [0.25, 0.3) is 0 Å². The van der Waals surface area contributed by atoms with Gasteiger partial charge in [-0.05, 0) is 50.7 Å². The molecule has 4 nitrogen and oxygen atoms in total. The monoisotopic (exact) mass is 394 g/mol. The van der Waals surface area contributed by atoms with Gasteiger partial charge in [-0.25, -0.2) is 4.79 Å². The van der Waals surface area contributed by atoms with Gasteiger partial charge in [0.25, 0.3) is 0 Å². The van der Waals surface area contributed by atoms with E-state index in [1.807, 2.05) is 6.92 Å². The fourth-order valence-electron chi connectivity index (χ4n) is 3.58. The van der Waals surface area contributed by atoms with Crippen LogP contribution in [-0.4, -0.2) is 18.0 Å². The Morgan fingerprint density at radius 1 is 1.22 bits per heavy atom. The number of hydrogen-bond donors (Lipinski definition) is 0. The van der Waals surface area contributed by atoms with Gasteiger partial charge < -0.3 is 9.47 Å². The molecule has 1 aliphatic rings. The zero-order chi connectivity index (χ0) is 19.8. The predicted molar refractivity (Wildman–Crippen MR) is 107 cm³/mol. The fourth-order valence-corrected chi connectivity index (χ4v) is 3.82. The molecule has 1 fully saturated rings. The van der Waals surface area contributed by atoms with Gasteiger partial charge in [-0.15, -0.1) is 0 Å². The van der Waals surface area contributed by atoms with E-state index in [9.17, 15) is 9.59 Å². The van der Waals surface area contributed by atoms with E-state index >= 15 is 0 Å². The van der Waals surface area contributed by atoms with Crippen molar-refractivity contribution in [1.82, 2.24) is 0 Å². The number of unbranched alkanes of at least 4 members (excludes halogenated alkanes) is 3. The van der Waals surface area contributed by atoms with E-state index in [1.165, 1.54) is 18.9 Å². The summed E-state index contributed by atoms with van der Waals surface area (Å²) in [7, 11) is 0. The molecule has 3 atom stereocenters. The summed E-state index contributed by atoms with van der Waals surface area (Å²) in [4.78, 5) is 24.6. The second-order valence-corrected chi connectivity index (χ2v) is 8.05. The standard InChI is InChI=1S/C22H31ClO4/c1-4-5-6-7-10-16(3)26-22(25)19-13-12-17(14-20(19)23)27-21(24)18-11-8-9-15(18)2/h12-16,18H,4-11H2,1-3H3. The Bertz CT molecular complexity index is 643. The molecule has 2 rings (SSSR count). The molecule has 0 bridgehead atoms. The molecular weight excluding hydrogens is 364 g/mol. The van der Waals surface area contributed by atoms with Crippen LogP contribution in [0.15, 0.2) is 18.2 Å². The summed E-state index contributed by atoms with van der Waals surface area (Å²) in [6.45, 7) is 6.14. The van der Waals surface area contributed by atoms with Crippen LogP contribution in [0.2, 0.25) is 5.02 Å². The van der Waals surface area contributed by atoms with Gasteiger partial charge in [-0.1, -0.05) is 51.1 Å². The molecule has 5 heteroatoms. The second kappa shape index (κ2) is 10.7. The Hall–Kier alpha value is -1.55. The molecule has 1 saturated carbocycles. The van der Waals surface area contributed by atoms with E-state index in [0.29, 0.717) is 17.2 Å². The highest BCUT2D eigenvalue weighted by atomic mass is 35.5. The first-order chi connectivity index (χ1) is 12.9. The number of halogens is 1. The first kappa shape index (κ1) is 21.7. The van der Waals surface area contributed by atoms with Crippen LogP contribution in [0.1, 0.15) is 82.5 Å². The first-order valence-corrected chi connectivity index (χ1v) is 10.5. The van der Waals surface area contributed by atoms with Crippen molar-refractivity contribution in [2.45, 2.75) is 78.2 Å². The summed E-state index contributed by atoms with van der Waals surface area (Å²) in [6.07, 6.45) is 8.26. The molecule has 3 unspecified atom stereocenters. The van der Waals surface area contributed by atoms with Crippen LogP contribution >= 0.6 is 11.6 Å². The Morgan fingerprint density at radius 3 is 2.63 bits per heavy atom. The van der Waals surface area contributed by atoms with E-state index in [4.69, 9.17) is 21.1 Å². The average Bonchev–Trinajstić information content (AvgIpc) is 3.05. The van der Waals surface area contributed by atoms with E-state index < -0.39 is 5.97 Å². The van der Waals surface area contributed by atoms with Crippen molar-refractivity contribution in [3.05, 3.63) is 28.8 Å². The SMILES string of the molecule is CCCCCCC(C)OC(=O)c1ccc(OC(=O)C2CCCC2C)cc1Cl. The number of esters is 2. The average molecular weight is 395 g/mol. The zero-order valence-corrected chi connectivity index (χ0v) is 17.4. The molecule has 0 saturated heterocycles. The van der Waals surface area contributed by atoms with Crippen molar-refractivity contribution < 1.29 is 19.1 Å². The highest BCUT2D eigenvalue weighted by Gasteiger charge is 2.31. The molecular formula is C22H31ClO4. The number of carbonyl (C=O) groups is 2. The van der Waals surface area contributed by atoms with Crippen molar-refractivity contribution in [2.24, 2.45) is 11.8 Å². The van der Waals surface area contributed by atoms with Crippen LogP contribution in [0.5, 0.6) is 5.75 Å². The molecule has 1 aromatic carbocycles. The maximum atomic E-state index is 12.3. The lowest BCUT2D eigenvalue weighted by molar-refractivity contribution is -0.139. The summed E-state index contributed by atoms with van der Waals surface area (Å²) in [5.41, 5.74) is 0.297. The fraction of sp³-hybridized carbons (Fsp3) is 0.636. The molecule has 27 heavy (non-hydrogen) atoms. The van der Waals surface area contributed by atoms with E-state index in [0.717, 1.165) is 38.5 Å². The van der Waals surface area contributed by atoms with Gasteiger partial charge in [0.2, 0.25) is 0 Å². The third kappa shape index (κ3) is 6.53. The highest BCUT2D eigenvalue weighted by Crippen LogP contribution is 2.33. The van der Waals surface area contributed by atoms with Crippen LogP contribution in [0.4, 0.5) is 0 Å². The minimum absolute atomic E-state index is 0.0537. The van der Waals surface area contributed by atoms with E-state index in [2.05, 4.69) is 13.8 Å². The van der Waals surface area contributed by atoms with E-state index in [1.54, 1.807) is 12.1 Å². The molecule has 0 aromatic heterocycles. The van der Waals surface area contributed by atoms with Crippen molar-refractivity contribution in [3.8, 4) is 5.75 Å². The van der Waals surface area contributed by atoms with Crippen molar-refractivity contribution in [1.29, 1.82) is 0 Å². The summed E-state index contributed by atoms with van der Waals surface area (Å²) in [6, 6.07) is 4.68. The highest BCUT2D eigenvalue weighted by molar-refractivity contribution is 6.33. The van der Waals surface area contributed by atoms with Crippen LogP contribution in [0.3, 0.4) is 0 Å². The normalized spacial score (nSPS) is 20.3. The van der Waals surface area contributed by atoms with Gasteiger partial charge in [0.05, 0.1) is 22.6 Å². The maximum absolute atomic E-state index is 12.3. The first-order valence-electron chi connectivity index (χ1n) is 10.1. The summed E-state index contributed by atoms with van der Waals surface area (Å²) < 4.78 is 10.9. The third-order valence-corrected chi connectivity index (χ3v) is 5.63. The van der Waals surface area contributed by atoms with Crippen molar-refractivity contribution in [3.63, 3.8) is 0 Å². The molecule has 0 radical (unpaired) electrons. The van der Waals surface area contributed by atoms with Crippen LogP contribution in [-0.2, 0) is 9.53 Å². The minimum atomic E-state index is -0.440. The summed E-state index contributed by atoms with van der Waals surface area (Å²) in [5.74, 6) is 0.00801. The molecule has 150 valence electrons. The Labute approximate surface area is 167 Å². The predicted octanol–water partition coefficient (Wildman–Crippen LogP) is 6.20. The largest absolute Gasteiger partial charge is 0.459 e. The number of carbonyl (C=O) groups excluding carboxylic acids is 2. The van der Waals surface area contributed by atoms with Crippen LogP contribution < -0.4 is 4.74 Å². The number of benzene rings is 1. The molecule has 1 aliphatic carbocycles. The van der Waals surface area contributed by atoms with Gasteiger partial charge in [-0.2, -0.15) is 0 Å². The smallest absolute Gasteiger partial charge is 0.339 e. The molecule has 0 N–H and O–H groups in total. The Balaban J connectivity index is 1.89. The second-order valence-electron chi connectivity index (χ2n) is 7.64. The third-order valence-electron chi connectivity index (χ3n) is 5.32. The molecule has 0 aliphatic heterocycles. The maximum Gasteiger partial charge on any atom is 0.339 e. The minimum Gasteiger partial charge on any atom is -0.459 e. The zero-order valence-electron chi connectivity index (χ0n) is 16.6. The number of ether oxygens (including phenoxy) is 2. The molecule has 0 amide bonds. The quantitative estimate of drug-likeness (QED) is 0.284. The van der Waals surface area contributed by atoms with Gasteiger partial charge in [0, 0.05) is 6.07 Å². The van der Waals surface area contributed by atoms with Crippen LogP contribution in [0, 0.1) is 11.8 Å². The number of hydrogen-bond acceptors (Lipinski definition) is 4. The van der Waals surface area contributed by atoms with Gasteiger partial charge >= 0.3 is 11.9 Å². The van der Waals surface area contributed by atoms with Crippen molar-refractivity contribution >= 4 is 23.5 Å². The Morgan fingerprint density at radius 2 is 2.00 bits per heavy atom. The van der Waals surface area contributed by atoms with Gasteiger partial charge in [0.1, 0.15) is 5.75 Å². The Kier molecular flexibility index (Phi) is 8.62. The molecule has 0 spiro atoms. The van der Waals surface area contributed by atoms with Gasteiger partial charge in [0.15, 0.2) is 0 Å². The van der Waals surface area contributed by atoms with Crippen molar-refractivity contribution in [2.75, 3.05) is 0 Å². The molecule has 0 heterocycles. The lowest BCUT2D eigenvalue weighted by Crippen LogP contribution is -2.22. The molecule has 1 aromatic rings. The van der Waals surface area contributed by atoms with Gasteiger partial charge in [-0.3, -0.25) is 4.79 Å². The summed E-state index contributed by atoms with van der Waals surface area (Å²) >= 11 is 6.23. The van der Waals surface area contributed by atoms with E-state index in [-0.39, 0.29) is 23.0 Å². The summed E-state index contributed by atoms with van der Waals surface area (Å²) in [5, 5.41) is 0.239.